The Morgan fingerprint density at radius 1 is 1.42 bits per heavy atom. The summed E-state index contributed by atoms with van der Waals surface area (Å²) in [5.41, 5.74) is 0. The van der Waals surface area contributed by atoms with Gasteiger partial charge in [-0.25, -0.2) is 4.39 Å². The van der Waals surface area contributed by atoms with Crippen molar-refractivity contribution in [3.63, 3.8) is 0 Å². The molecule has 0 aliphatic carbocycles. The van der Waals surface area contributed by atoms with Crippen LogP contribution in [-0.2, 0) is 0 Å². The standard InChI is InChI=1S/C9H8FNO/c1-7(6-11)12-9-4-2-8(10)3-5-9/h2-5,7H,1H3. The van der Waals surface area contributed by atoms with E-state index < -0.39 is 6.10 Å². The molecule has 0 amide bonds. The maximum atomic E-state index is 12.4. The van der Waals surface area contributed by atoms with Crippen molar-refractivity contribution in [3.8, 4) is 11.8 Å². The SMILES string of the molecule is CC(C#N)Oc1ccc(F)cc1. The molecule has 1 aromatic carbocycles. The lowest BCUT2D eigenvalue weighted by molar-refractivity contribution is 0.276. The third kappa shape index (κ3) is 2.24. The molecule has 3 heteroatoms. The monoisotopic (exact) mass is 165 g/mol. The zero-order valence-electron chi connectivity index (χ0n) is 6.62. The number of nitrogens with zero attached hydrogens (tertiary/aromatic N) is 1. The molecule has 12 heavy (non-hydrogen) atoms. The summed E-state index contributed by atoms with van der Waals surface area (Å²) in [5, 5.41) is 8.40. The first kappa shape index (κ1) is 8.54. The second kappa shape index (κ2) is 3.72. The van der Waals surface area contributed by atoms with Crippen LogP contribution in [0.2, 0.25) is 0 Å². The van der Waals surface area contributed by atoms with Gasteiger partial charge in [-0.2, -0.15) is 5.26 Å². The van der Waals surface area contributed by atoms with Gasteiger partial charge in [-0.1, -0.05) is 0 Å². The van der Waals surface area contributed by atoms with E-state index in [9.17, 15) is 4.39 Å². The van der Waals surface area contributed by atoms with Crippen LogP contribution >= 0.6 is 0 Å². The lowest BCUT2D eigenvalue weighted by atomic mass is 10.3. The fraction of sp³-hybridized carbons (Fsp3) is 0.222. The van der Waals surface area contributed by atoms with E-state index >= 15 is 0 Å². The average molecular weight is 165 g/mol. The normalized spacial score (nSPS) is 11.8. The molecule has 0 bridgehead atoms. The predicted molar refractivity (Wildman–Crippen MR) is 42.1 cm³/mol. The number of nitriles is 1. The third-order valence-electron chi connectivity index (χ3n) is 1.31. The van der Waals surface area contributed by atoms with Crippen molar-refractivity contribution in [1.82, 2.24) is 0 Å². The van der Waals surface area contributed by atoms with E-state index in [4.69, 9.17) is 10.00 Å². The van der Waals surface area contributed by atoms with Gasteiger partial charge < -0.3 is 4.74 Å². The highest BCUT2D eigenvalue weighted by Crippen LogP contribution is 2.12. The van der Waals surface area contributed by atoms with Gasteiger partial charge in [0, 0.05) is 0 Å². The minimum Gasteiger partial charge on any atom is -0.476 e. The fourth-order valence-corrected chi connectivity index (χ4v) is 0.744. The number of rotatable bonds is 2. The molecule has 1 rings (SSSR count). The second-order valence-electron chi connectivity index (χ2n) is 2.34. The van der Waals surface area contributed by atoms with E-state index in [0.29, 0.717) is 5.75 Å². The summed E-state index contributed by atoms with van der Waals surface area (Å²) in [7, 11) is 0. The highest BCUT2D eigenvalue weighted by molar-refractivity contribution is 5.22. The van der Waals surface area contributed by atoms with E-state index in [1.54, 1.807) is 6.92 Å². The van der Waals surface area contributed by atoms with Crippen LogP contribution in [0.1, 0.15) is 6.92 Å². The van der Waals surface area contributed by atoms with E-state index in [1.165, 1.54) is 24.3 Å². The van der Waals surface area contributed by atoms with E-state index in [-0.39, 0.29) is 5.82 Å². The Labute approximate surface area is 70.2 Å². The lowest BCUT2D eigenvalue weighted by Crippen LogP contribution is -2.07. The van der Waals surface area contributed by atoms with Crippen molar-refractivity contribution in [2.45, 2.75) is 13.0 Å². The van der Waals surface area contributed by atoms with Crippen molar-refractivity contribution >= 4 is 0 Å². The molecule has 0 aliphatic heterocycles. The highest BCUT2D eigenvalue weighted by atomic mass is 19.1. The van der Waals surface area contributed by atoms with Crippen molar-refractivity contribution < 1.29 is 9.13 Å². The minimum absolute atomic E-state index is 0.313. The molecule has 0 spiro atoms. The number of halogens is 1. The zero-order valence-corrected chi connectivity index (χ0v) is 6.62. The Kier molecular flexibility index (Phi) is 2.65. The maximum Gasteiger partial charge on any atom is 0.181 e. The number of ether oxygens (including phenoxy) is 1. The highest BCUT2D eigenvalue weighted by Gasteiger charge is 2.00. The van der Waals surface area contributed by atoms with Gasteiger partial charge in [0.15, 0.2) is 6.10 Å². The summed E-state index contributed by atoms with van der Waals surface area (Å²) >= 11 is 0. The van der Waals surface area contributed by atoms with Crippen LogP contribution in [0.5, 0.6) is 5.75 Å². The first-order chi connectivity index (χ1) is 5.72. The van der Waals surface area contributed by atoms with Gasteiger partial charge in [0.05, 0.1) is 0 Å². The van der Waals surface area contributed by atoms with Crippen molar-refractivity contribution in [2.24, 2.45) is 0 Å². The number of hydrogen-bond donors (Lipinski definition) is 0. The molecule has 0 N–H and O–H groups in total. The molecule has 0 saturated carbocycles. The quantitative estimate of drug-likeness (QED) is 0.672. The van der Waals surface area contributed by atoms with Crippen molar-refractivity contribution in [3.05, 3.63) is 30.1 Å². The molecule has 0 saturated heterocycles. The molecule has 0 radical (unpaired) electrons. The summed E-state index contributed by atoms with van der Waals surface area (Å²) in [5.74, 6) is 0.192. The van der Waals surface area contributed by atoms with E-state index in [0.717, 1.165) is 0 Å². The molecule has 1 atom stereocenters. The van der Waals surface area contributed by atoms with Crippen LogP contribution in [0, 0.1) is 17.1 Å². The Morgan fingerprint density at radius 2 is 2.00 bits per heavy atom. The Balaban J connectivity index is 2.66. The van der Waals surface area contributed by atoms with Gasteiger partial charge in [0.1, 0.15) is 17.6 Å². The fourth-order valence-electron chi connectivity index (χ4n) is 0.744. The Morgan fingerprint density at radius 3 is 2.50 bits per heavy atom. The Hall–Kier alpha value is -1.56. The number of hydrogen-bond acceptors (Lipinski definition) is 2. The molecule has 1 unspecified atom stereocenters. The number of benzene rings is 1. The summed E-state index contributed by atoms with van der Waals surface area (Å²) in [6.07, 6.45) is -0.504. The first-order valence-corrected chi connectivity index (χ1v) is 3.54. The first-order valence-electron chi connectivity index (χ1n) is 3.54. The van der Waals surface area contributed by atoms with Gasteiger partial charge in [-0.05, 0) is 31.2 Å². The van der Waals surface area contributed by atoms with Crippen LogP contribution in [0.25, 0.3) is 0 Å². The van der Waals surface area contributed by atoms with Crippen LogP contribution in [-0.4, -0.2) is 6.10 Å². The van der Waals surface area contributed by atoms with Gasteiger partial charge in [0.25, 0.3) is 0 Å². The predicted octanol–water partition coefficient (Wildman–Crippen LogP) is 2.12. The zero-order chi connectivity index (χ0) is 8.97. The second-order valence-corrected chi connectivity index (χ2v) is 2.34. The molecule has 0 aromatic heterocycles. The summed E-state index contributed by atoms with van der Waals surface area (Å²) < 4.78 is 17.5. The van der Waals surface area contributed by atoms with Crippen LogP contribution < -0.4 is 4.74 Å². The summed E-state index contributed by atoms with van der Waals surface area (Å²) in [6, 6.07) is 7.47. The molecule has 62 valence electrons. The smallest absolute Gasteiger partial charge is 0.181 e. The van der Waals surface area contributed by atoms with Crippen LogP contribution in [0.3, 0.4) is 0 Å². The molecule has 0 heterocycles. The third-order valence-corrected chi connectivity index (χ3v) is 1.31. The van der Waals surface area contributed by atoms with E-state index in [2.05, 4.69) is 0 Å². The molecule has 0 fully saturated rings. The minimum atomic E-state index is -0.504. The van der Waals surface area contributed by atoms with E-state index in [1.807, 2.05) is 6.07 Å². The molecule has 2 nitrogen and oxygen atoms in total. The lowest BCUT2D eigenvalue weighted by Gasteiger charge is -2.06. The molecular weight excluding hydrogens is 157 g/mol. The Bertz CT molecular complexity index is 288. The van der Waals surface area contributed by atoms with Crippen molar-refractivity contribution in [2.75, 3.05) is 0 Å². The molecular formula is C9H8FNO. The van der Waals surface area contributed by atoms with Gasteiger partial charge in [0.2, 0.25) is 0 Å². The van der Waals surface area contributed by atoms with Crippen molar-refractivity contribution in [1.29, 1.82) is 5.26 Å². The van der Waals surface area contributed by atoms with Gasteiger partial charge in [-0.3, -0.25) is 0 Å². The van der Waals surface area contributed by atoms with Gasteiger partial charge in [-0.15, -0.1) is 0 Å². The topological polar surface area (TPSA) is 33.0 Å². The summed E-state index contributed by atoms with van der Waals surface area (Å²) in [4.78, 5) is 0. The van der Waals surface area contributed by atoms with Crippen LogP contribution in [0.4, 0.5) is 4.39 Å². The molecule has 1 aromatic rings. The summed E-state index contributed by atoms with van der Waals surface area (Å²) in [6.45, 7) is 1.63. The van der Waals surface area contributed by atoms with Crippen LogP contribution in [0.15, 0.2) is 24.3 Å². The maximum absolute atomic E-state index is 12.4. The largest absolute Gasteiger partial charge is 0.476 e. The molecule has 0 aliphatic rings. The van der Waals surface area contributed by atoms with Gasteiger partial charge >= 0.3 is 0 Å². The average Bonchev–Trinajstić information content (AvgIpc) is 2.09.